The standard InChI is InChI=1S/C29H32Cl2N2O3/c1-4-21(3)32-29(35)27(17-22-9-6-5-7-10-22)33(18-23-11-8-12-24(30)16-23)28(34)19-36-25-13-14-26(31)20(2)15-25/h5-16,21,27H,4,17-19H2,1-3H3,(H,32,35)/t21-,27-/m1/s1. The fourth-order valence-electron chi connectivity index (χ4n) is 3.76. The van der Waals surface area contributed by atoms with Gasteiger partial charge in [-0.1, -0.05) is 72.6 Å². The molecule has 0 aliphatic heterocycles. The van der Waals surface area contributed by atoms with Crippen molar-refractivity contribution in [1.82, 2.24) is 10.2 Å². The molecule has 0 aliphatic rings. The lowest BCUT2D eigenvalue weighted by Gasteiger charge is -2.32. The molecule has 3 rings (SSSR count). The second-order valence-corrected chi connectivity index (χ2v) is 9.72. The van der Waals surface area contributed by atoms with E-state index in [1.54, 1.807) is 35.2 Å². The van der Waals surface area contributed by atoms with Crippen LogP contribution in [0.25, 0.3) is 0 Å². The molecule has 0 fully saturated rings. The SMILES string of the molecule is CC[C@@H](C)NC(=O)[C@@H](Cc1ccccc1)N(Cc1cccc(Cl)c1)C(=O)COc1ccc(Cl)c(C)c1. The third kappa shape index (κ3) is 8.00. The Morgan fingerprint density at radius 2 is 1.69 bits per heavy atom. The van der Waals surface area contributed by atoms with Crippen LogP contribution in [0.1, 0.15) is 37.0 Å². The first-order valence-corrected chi connectivity index (χ1v) is 12.8. The molecule has 0 radical (unpaired) electrons. The van der Waals surface area contributed by atoms with Crippen molar-refractivity contribution in [3.63, 3.8) is 0 Å². The number of benzene rings is 3. The Morgan fingerprint density at radius 3 is 2.36 bits per heavy atom. The molecule has 190 valence electrons. The van der Waals surface area contributed by atoms with Crippen LogP contribution in [0.5, 0.6) is 5.75 Å². The van der Waals surface area contributed by atoms with E-state index in [1.807, 2.05) is 63.2 Å². The Balaban J connectivity index is 1.91. The van der Waals surface area contributed by atoms with Crippen molar-refractivity contribution in [2.45, 2.75) is 52.2 Å². The summed E-state index contributed by atoms with van der Waals surface area (Å²) in [5, 5.41) is 4.25. The van der Waals surface area contributed by atoms with Gasteiger partial charge in [0.25, 0.3) is 5.91 Å². The van der Waals surface area contributed by atoms with Crippen LogP contribution in [0.15, 0.2) is 72.8 Å². The summed E-state index contributed by atoms with van der Waals surface area (Å²) in [4.78, 5) is 28.7. The van der Waals surface area contributed by atoms with E-state index in [2.05, 4.69) is 5.32 Å². The van der Waals surface area contributed by atoms with Crippen LogP contribution < -0.4 is 10.1 Å². The Labute approximate surface area is 223 Å². The summed E-state index contributed by atoms with van der Waals surface area (Å²) in [5.41, 5.74) is 2.64. The van der Waals surface area contributed by atoms with Crippen molar-refractivity contribution >= 4 is 35.0 Å². The molecule has 0 aliphatic carbocycles. The van der Waals surface area contributed by atoms with Gasteiger partial charge >= 0.3 is 0 Å². The van der Waals surface area contributed by atoms with E-state index >= 15 is 0 Å². The van der Waals surface area contributed by atoms with Gasteiger partial charge in [0.05, 0.1) is 0 Å². The van der Waals surface area contributed by atoms with Crippen LogP contribution >= 0.6 is 23.2 Å². The van der Waals surface area contributed by atoms with Gasteiger partial charge in [0.15, 0.2) is 6.61 Å². The minimum absolute atomic E-state index is 0.0211. The molecule has 0 spiro atoms. The summed E-state index contributed by atoms with van der Waals surface area (Å²) in [6, 6.07) is 21.5. The molecule has 0 saturated heterocycles. The van der Waals surface area contributed by atoms with Crippen LogP contribution in [-0.4, -0.2) is 35.4 Å². The lowest BCUT2D eigenvalue weighted by atomic mass is 10.0. The number of aryl methyl sites for hydroxylation is 1. The predicted octanol–water partition coefficient (Wildman–Crippen LogP) is 6.24. The molecule has 2 amide bonds. The number of hydrogen-bond donors (Lipinski definition) is 1. The van der Waals surface area contributed by atoms with E-state index in [0.29, 0.717) is 22.2 Å². The third-order valence-corrected chi connectivity index (χ3v) is 6.66. The van der Waals surface area contributed by atoms with Crippen LogP contribution in [-0.2, 0) is 22.6 Å². The maximum absolute atomic E-state index is 13.6. The van der Waals surface area contributed by atoms with Gasteiger partial charge in [0.1, 0.15) is 11.8 Å². The number of amides is 2. The lowest BCUT2D eigenvalue weighted by Crippen LogP contribution is -2.53. The Bertz CT molecular complexity index is 1170. The molecular formula is C29H32Cl2N2O3. The van der Waals surface area contributed by atoms with Crippen LogP contribution in [0.4, 0.5) is 0 Å². The Hall–Kier alpha value is -3.02. The average molecular weight is 527 g/mol. The highest BCUT2D eigenvalue weighted by Gasteiger charge is 2.31. The summed E-state index contributed by atoms with van der Waals surface area (Å²) in [5.74, 6) is 0.0327. The molecule has 2 atom stereocenters. The second-order valence-electron chi connectivity index (χ2n) is 8.87. The number of carbonyl (C=O) groups is 2. The first-order chi connectivity index (χ1) is 17.3. The minimum atomic E-state index is -0.733. The summed E-state index contributed by atoms with van der Waals surface area (Å²) in [7, 11) is 0. The molecule has 3 aromatic carbocycles. The molecule has 7 heteroatoms. The molecule has 3 aromatic rings. The monoisotopic (exact) mass is 526 g/mol. The van der Waals surface area contributed by atoms with Crippen LogP contribution in [0, 0.1) is 6.92 Å². The van der Waals surface area contributed by atoms with Gasteiger partial charge in [0, 0.05) is 29.1 Å². The van der Waals surface area contributed by atoms with Crippen molar-refractivity contribution in [2.24, 2.45) is 0 Å². The molecule has 1 N–H and O–H groups in total. The topological polar surface area (TPSA) is 58.6 Å². The molecule has 0 heterocycles. The van der Waals surface area contributed by atoms with Crippen molar-refractivity contribution in [2.75, 3.05) is 6.61 Å². The predicted molar refractivity (Wildman–Crippen MR) is 146 cm³/mol. The number of nitrogens with zero attached hydrogens (tertiary/aromatic N) is 1. The highest BCUT2D eigenvalue weighted by molar-refractivity contribution is 6.31. The van der Waals surface area contributed by atoms with E-state index in [1.165, 1.54) is 0 Å². The van der Waals surface area contributed by atoms with E-state index in [9.17, 15) is 9.59 Å². The van der Waals surface area contributed by atoms with E-state index in [-0.39, 0.29) is 31.0 Å². The van der Waals surface area contributed by atoms with Gasteiger partial charge in [-0.15, -0.1) is 0 Å². The molecule has 0 bridgehead atoms. The highest BCUT2D eigenvalue weighted by Crippen LogP contribution is 2.22. The first kappa shape index (κ1) is 27.6. The van der Waals surface area contributed by atoms with Crippen molar-refractivity contribution in [3.05, 3.63) is 99.5 Å². The zero-order valence-corrected chi connectivity index (χ0v) is 22.4. The molecular weight excluding hydrogens is 495 g/mol. The Morgan fingerprint density at radius 1 is 0.972 bits per heavy atom. The van der Waals surface area contributed by atoms with Crippen molar-refractivity contribution < 1.29 is 14.3 Å². The molecule has 0 aromatic heterocycles. The minimum Gasteiger partial charge on any atom is -0.484 e. The second kappa shape index (κ2) is 13.3. The third-order valence-electron chi connectivity index (χ3n) is 6.01. The summed E-state index contributed by atoms with van der Waals surface area (Å²) in [6.45, 7) is 5.83. The number of halogens is 2. The fourth-order valence-corrected chi connectivity index (χ4v) is 4.09. The lowest BCUT2D eigenvalue weighted by molar-refractivity contribution is -0.143. The molecule has 36 heavy (non-hydrogen) atoms. The normalized spacial score (nSPS) is 12.5. The Kier molecular flexibility index (Phi) is 10.2. The zero-order valence-electron chi connectivity index (χ0n) is 20.8. The zero-order chi connectivity index (χ0) is 26.1. The van der Waals surface area contributed by atoms with E-state index in [4.69, 9.17) is 27.9 Å². The van der Waals surface area contributed by atoms with Crippen molar-refractivity contribution in [1.29, 1.82) is 0 Å². The first-order valence-electron chi connectivity index (χ1n) is 12.0. The van der Waals surface area contributed by atoms with Crippen LogP contribution in [0.2, 0.25) is 10.0 Å². The quantitative estimate of drug-likeness (QED) is 0.322. The van der Waals surface area contributed by atoms with Crippen LogP contribution in [0.3, 0.4) is 0 Å². The number of carbonyl (C=O) groups excluding carboxylic acids is 2. The maximum Gasteiger partial charge on any atom is 0.261 e. The molecule has 0 unspecified atom stereocenters. The number of ether oxygens (including phenoxy) is 1. The summed E-state index contributed by atoms with van der Waals surface area (Å²) in [6.07, 6.45) is 1.15. The summed E-state index contributed by atoms with van der Waals surface area (Å²) >= 11 is 12.3. The van der Waals surface area contributed by atoms with Gasteiger partial charge in [-0.25, -0.2) is 0 Å². The van der Waals surface area contributed by atoms with E-state index < -0.39 is 6.04 Å². The molecule has 5 nitrogen and oxygen atoms in total. The fraction of sp³-hybridized carbons (Fsp3) is 0.310. The van der Waals surface area contributed by atoms with Crippen molar-refractivity contribution in [3.8, 4) is 5.75 Å². The molecule has 0 saturated carbocycles. The maximum atomic E-state index is 13.6. The van der Waals surface area contributed by atoms with Gasteiger partial charge in [-0.2, -0.15) is 0 Å². The van der Waals surface area contributed by atoms with Gasteiger partial charge in [-0.05, 0) is 67.3 Å². The highest BCUT2D eigenvalue weighted by atomic mass is 35.5. The number of hydrogen-bond acceptors (Lipinski definition) is 3. The smallest absolute Gasteiger partial charge is 0.261 e. The van der Waals surface area contributed by atoms with Gasteiger partial charge < -0.3 is 15.0 Å². The van der Waals surface area contributed by atoms with Gasteiger partial charge in [0.2, 0.25) is 5.91 Å². The number of rotatable bonds is 11. The largest absolute Gasteiger partial charge is 0.484 e. The van der Waals surface area contributed by atoms with E-state index in [0.717, 1.165) is 23.1 Å². The number of nitrogens with one attached hydrogen (secondary N) is 1. The van der Waals surface area contributed by atoms with Gasteiger partial charge in [-0.3, -0.25) is 9.59 Å². The summed E-state index contributed by atoms with van der Waals surface area (Å²) < 4.78 is 5.82. The average Bonchev–Trinajstić information content (AvgIpc) is 2.87.